The van der Waals surface area contributed by atoms with E-state index in [0.29, 0.717) is 0 Å². The van der Waals surface area contributed by atoms with Gasteiger partial charge >= 0.3 is 0 Å². The van der Waals surface area contributed by atoms with Crippen LogP contribution in [0.2, 0.25) is 5.02 Å². The molecule has 0 spiro atoms. The first-order valence-electron chi connectivity index (χ1n) is 9.77. The van der Waals surface area contributed by atoms with Crippen molar-refractivity contribution in [1.29, 1.82) is 0 Å². The number of fused-ring (bicyclic) bond motifs is 1. The fourth-order valence-corrected chi connectivity index (χ4v) is 5.02. The maximum absolute atomic E-state index is 5.99. The smallest absolute Gasteiger partial charge is 0.0695 e. The van der Waals surface area contributed by atoms with Crippen molar-refractivity contribution in [2.24, 2.45) is 0 Å². The van der Waals surface area contributed by atoms with Crippen molar-refractivity contribution in [3.8, 4) is 0 Å². The van der Waals surface area contributed by atoms with E-state index in [1.807, 2.05) is 12.1 Å². The van der Waals surface area contributed by atoms with Crippen LogP contribution in [-0.2, 0) is 17.3 Å². The van der Waals surface area contributed by atoms with Gasteiger partial charge in [0.15, 0.2) is 0 Å². The van der Waals surface area contributed by atoms with Crippen LogP contribution < -0.4 is 5.32 Å². The van der Waals surface area contributed by atoms with E-state index >= 15 is 0 Å². The molecule has 1 unspecified atom stereocenters. The molecule has 1 aliphatic carbocycles. The van der Waals surface area contributed by atoms with Crippen LogP contribution in [0.15, 0.2) is 66.4 Å². The summed E-state index contributed by atoms with van der Waals surface area (Å²) < 4.78 is 0. The number of hydrogen-bond acceptors (Lipinski definition) is 1. The summed E-state index contributed by atoms with van der Waals surface area (Å²) in [6, 6.07) is 15.4. The van der Waals surface area contributed by atoms with E-state index < -0.39 is 0 Å². The number of benzene rings is 2. The maximum atomic E-state index is 5.99. The molecule has 1 heterocycles. The Bertz CT molecular complexity index is 916. The van der Waals surface area contributed by atoms with E-state index in [1.165, 1.54) is 34.2 Å². The van der Waals surface area contributed by atoms with Crippen molar-refractivity contribution in [2.75, 3.05) is 0 Å². The van der Waals surface area contributed by atoms with Gasteiger partial charge < -0.3 is 5.32 Å². The highest BCUT2D eigenvalue weighted by atomic mass is 35.5. The number of nitrogens with one attached hydrogen (secondary N) is 1. The largest absolute Gasteiger partial charge is 0.380 e. The van der Waals surface area contributed by atoms with Crippen molar-refractivity contribution < 1.29 is 0 Å². The third-order valence-corrected chi connectivity index (χ3v) is 6.27. The highest BCUT2D eigenvalue weighted by molar-refractivity contribution is 6.30. The van der Waals surface area contributed by atoms with E-state index in [-0.39, 0.29) is 16.9 Å². The summed E-state index contributed by atoms with van der Waals surface area (Å²) in [5.41, 5.74) is 7.51. The lowest BCUT2D eigenvalue weighted by Crippen LogP contribution is -2.18. The summed E-state index contributed by atoms with van der Waals surface area (Å²) in [7, 11) is 0. The summed E-state index contributed by atoms with van der Waals surface area (Å²) in [6.07, 6.45) is 8.81. The molecule has 0 amide bonds. The third-order valence-electron chi connectivity index (χ3n) is 6.01. The molecule has 4 rings (SSSR count). The van der Waals surface area contributed by atoms with Gasteiger partial charge in [0.2, 0.25) is 0 Å². The first kappa shape index (κ1) is 18.4. The van der Waals surface area contributed by atoms with E-state index in [2.05, 4.69) is 81.7 Å². The summed E-state index contributed by atoms with van der Waals surface area (Å²) in [5, 5.41) is 4.29. The predicted octanol–water partition coefficient (Wildman–Crippen LogP) is 6.63. The second kappa shape index (κ2) is 6.56. The number of hydrogen-bond donors (Lipinski definition) is 1. The molecule has 0 radical (unpaired) electrons. The zero-order valence-corrected chi connectivity index (χ0v) is 17.4. The Morgan fingerprint density at radius 3 is 2.33 bits per heavy atom. The fraction of sp³-hybridized carbons (Fsp3) is 0.360. The normalized spacial score (nSPS) is 22.1. The van der Waals surface area contributed by atoms with Crippen molar-refractivity contribution in [2.45, 2.75) is 57.4 Å². The molecule has 1 nitrogen and oxygen atoms in total. The highest BCUT2D eigenvalue weighted by Gasteiger charge is 2.41. The second-order valence-corrected chi connectivity index (χ2v) is 9.71. The summed E-state index contributed by atoms with van der Waals surface area (Å²) in [6.45, 7) is 9.49. The Morgan fingerprint density at radius 1 is 0.963 bits per heavy atom. The Kier molecular flexibility index (Phi) is 4.47. The van der Waals surface area contributed by atoms with Crippen LogP contribution >= 0.6 is 11.6 Å². The van der Waals surface area contributed by atoms with Gasteiger partial charge in [-0.25, -0.2) is 0 Å². The average Bonchev–Trinajstić information content (AvgIpc) is 2.80. The molecule has 0 saturated heterocycles. The number of dihydropyridines is 1. The molecular formula is C25H28ClN. The molecular weight excluding hydrogens is 350 g/mol. The van der Waals surface area contributed by atoms with Crippen LogP contribution in [0.5, 0.6) is 0 Å². The van der Waals surface area contributed by atoms with E-state index in [0.717, 1.165) is 11.4 Å². The zero-order chi connectivity index (χ0) is 19.2. The standard InChI is InChI=1S/C25H28ClN/c1-24(2)16-25(3,4)22-14-17(5-11-21(22)24)13-18-6-12-23(27-15-18)19-7-9-20(26)10-8-19/h5-12,14-15,23,27H,13,16H2,1-4H3. The van der Waals surface area contributed by atoms with Gasteiger partial charge in [0.05, 0.1) is 6.04 Å². The number of allylic oxidation sites excluding steroid dienone is 2. The summed E-state index contributed by atoms with van der Waals surface area (Å²) >= 11 is 5.99. The Labute approximate surface area is 168 Å². The third kappa shape index (κ3) is 3.58. The van der Waals surface area contributed by atoms with Gasteiger partial charge in [-0.05, 0) is 63.6 Å². The molecule has 2 aromatic rings. The Hall–Kier alpha value is -1.99. The molecule has 0 fully saturated rings. The van der Waals surface area contributed by atoms with Crippen molar-refractivity contribution in [3.05, 3.63) is 93.7 Å². The fourth-order valence-electron chi connectivity index (χ4n) is 4.89. The maximum Gasteiger partial charge on any atom is 0.0695 e. The minimum atomic E-state index is 0.214. The summed E-state index contributed by atoms with van der Waals surface area (Å²) in [4.78, 5) is 0. The first-order valence-corrected chi connectivity index (χ1v) is 10.2. The highest BCUT2D eigenvalue weighted by Crippen LogP contribution is 2.49. The first-order chi connectivity index (χ1) is 12.7. The van der Waals surface area contributed by atoms with Gasteiger partial charge in [0.1, 0.15) is 0 Å². The lowest BCUT2D eigenvalue weighted by atomic mass is 9.82. The lowest BCUT2D eigenvalue weighted by Gasteiger charge is -2.22. The van der Waals surface area contributed by atoms with Crippen LogP contribution in [0.3, 0.4) is 0 Å². The van der Waals surface area contributed by atoms with Gasteiger partial charge in [-0.2, -0.15) is 0 Å². The molecule has 0 aromatic heterocycles. The van der Waals surface area contributed by atoms with Crippen LogP contribution in [0.4, 0.5) is 0 Å². The van der Waals surface area contributed by atoms with E-state index in [9.17, 15) is 0 Å². The molecule has 140 valence electrons. The minimum absolute atomic E-state index is 0.214. The molecule has 2 aliphatic rings. The van der Waals surface area contributed by atoms with E-state index in [1.54, 1.807) is 0 Å². The van der Waals surface area contributed by atoms with Crippen LogP contribution in [-0.4, -0.2) is 0 Å². The van der Waals surface area contributed by atoms with Gasteiger partial charge in [-0.3, -0.25) is 0 Å². The SMILES string of the molecule is CC1(C)CC(C)(C)c2cc(CC3=CNC(c4ccc(Cl)cc4)C=C3)ccc21. The molecule has 1 atom stereocenters. The van der Waals surface area contributed by atoms with Gasteiger partial charge in [0, 0.05) is 11.2 Å². The monoisotopic (exact) mass is 377 g/mol. The molecule has 0 saturated carbocycles. The topological polar surface area (TPSA) is 12.0 Å². The average molecular weight is 378 g/mol. The zero-order valence-electron chi connectivity index (χ0n) is 16.6. The van der Waals surface area contributed by atoms with Gasteiger partial charge in [0.25, 0.3) is 0 Å². The summed E-state index contributed by atoms with van der Waals surface area (Å²) in [5.74, 6) is 0. The van der Waals surface area contributed by atoms with Crippen LogP contribution in [0.1, 0.15) is 62.4 Å². The van der Waals surface area contributed by atoms with Crippen molar-refractivity contribution >= 4 is 11.6 Å². The van der Waals surface area contributed by atoms with Crippen molar-refractivity contribution in [3.63, 3.8) is 0 Å². The lowest BCUT2D eigenvalue weighted by molar-refractivity contribution is 0.403. The van der Waals surface area contributed by atoms with Crippen molar-refractivity contribution in [1.82, 2.24) is 5.32 Å². The predicted molar refractivity (Wildman–Crippen MR) is 115 cm³/mol. The minimum Gasteiger partial charge on any atom is -0.380 e. The van der Waals surface area contributed by atoms with Gasteiger partial charge in [-0.1, -0.05) is 81.8 Å². The molecule has 1 aliphatic heterocycles. The number of rotatable bonds is 3. The van der Waals surface area contributed by atoms with E-state index in [4.69, 9.17) is 11.6 Å². The number of halogens is 1. The molecule has 1 N–H and O–H groups in total. The molecule has 2 aromatic carbocycles. The van der Waals surface area contributed by atoms with Crippen LogP contribution in [0.25, 0.3) is 0 Å². The second-order valence-electron chi connectivity index (χ2n) is 9.28. The van der Waals surface area contributed by atoms with Crippen LogP contribution in [0, 0.1) is 0 Å². The molecule has 27 heavy (non-hydrogen) atoms. The quantitative estimate of drug-likeness (QED) is 0.633. The van der Waals surface area contributed by atoms with Gasteiger partial charge in [-0.15, -0.1) is 0 Å². The molecule has 0 bridgehead atoms. The Morgan fingerprint density at radius 2 is 1.67 bits per heavy atom. The molecule has 2 heteroatoms. The Balaban J connectivity index is 1.50.